The van der Waals surface area contributed by atoms with Crippen LogP contribution >= 0.6 is 11.3 Å². The molecule has 0 aliphatic heterocycles. The summed E-state index contributed by atoms with van der Waals surface area (Å²) in [5, 5.41) is 12.3. The zero-order chi connectivity index (χ0) is 17.8. The Morgan fingerprint density at radius 2 is 2.04 bits per heavy atom. The smallest absolute Gasteiger partial charge is 0.340 e. The number of esters is 1. The summed E-state index contributed by atoms with van der Waals surface area (Å²) in [6, 6.07) is 11.6. The molecule has 0 aliphatic rings. The molecule has 0 aliphatic carbocycles. The van der Waals surface area contributed by atoms with Gasteiger partial charge >= 0.3 is 5.97 Å². The number of benzene rings is 1. The number of rotatable bonds is 6. The highest BCUT2D eigenvalue weighted by molar-refractivity contribution is 7.10. The van der Waals surface area contributed by atoms with Gasteiger partial charge in [0.15, 0.2) is 6.10 Å². The minimum Gasteiger partial charge on any atom is -1.00 e. The van der Waals surface area contributed by atoms with Gasteiger partial charge in [-0.05, 0) is 22.6 Å². The number of hydrogen-bond acceptors (Lipinski definition) is 4. The number of ether oxygens (including phenoxy) is 1. The summed E-state index contributed by atoms with van der Waals surface area (Å²) in [6.07, 6.45) is 2.62. The summed E-state index contributed by atoms with van der Waals surface area (Å²) in [4.78, 5) is 12.8. The lowest BCUT2D eigenvalue weighted by molar-refractivity contribution is -0.677. The quantitative estimate of drug-likeness (QED) is 0.423. The van der Waals surface area contributed by atoms with E-state index < -0.39 is 12.1 Å². The zero-order valence-electron chi connectivity index (χ0n) is 14.6. The van der Waals surface area contributed by atoms with Crippen LogP contribution in [-0.4, -0.2) is 22.2 Å². The summed E-state index contributed by atoms with van der Waals surface area (Å²) in [7, 11) is 1.96. The van der Waals surface area contributed by atoms with Gasteiger partial charge in [0, 0.05) is 6.92 Å². The van der Waals surface area contributed by atoms with E-state index in [9.17, 15) is 9.90 Å². The average molecular weight is 437 g/mol. The second-order valence-corrected chi connectivity index (χ2v) is 6.73. The van der Waals surface area contributed by atoms with Gasteiger partial charge in [0.25, 0.3) is 5.82 Å². The van der Waals surface area contributed by atoms with E-state index in [1.807, 2.05) is 77.3 Å². The van der Waals surface area contributed by atoms with Crippen LogP contribution in [0.3, 0.4) is 0 Å². The molecule has 138 valence electrons. The Kier molecular flexibility index (Phi) is 7.14. The van der Waals surface area contributed by atoms with Gasteiger partial charge in [0.2, 0.25) is 0 Å². The molecule has 0 radical (unpaired) electrons. The molecule has 1 atom stereocenters. The largest absolute Gasteiger partial charge is 1.00 e. The standard InChI is InChI=1S/C19H21N2O3S.BrH/c1-14-20(2)9-10-21(14)11-12-24-19(23)17(22)18-16(8-13-25-18)15-6-4-3-5-7-15;/h3-10,13,17,22H,11-12H2,1-2H3;1H/q+1;/p-1. The first-order valence-electron chi connectivity index (χ1n) is 8.07. The third-order valence-corrected chi connectivity index (χ3v) is 5.19. The second kappa shape index (κ2) is 9.12. The van der Waals surface area contributed by atoms with E-state index in [0.717, 1.165) is 17.0 Å². The molecule has 2 heterocycles. The maximum atomic E-state index is 12.2. The molecule has 0 fully saturated rings. The highest BCUT2D eigenvalue weighted by Gasteiger charge is 2.24. The normalized spacial score (nSPS) is 11.7. The molecular weight excluding hydrogens is 416 g/mol. The number of aliphatic hydroxyl groups excluding tert-OH is 1. The van der Waals surface area contributed by atoms with Gasteiger partial charge in [-0.2, -0.15) is 0 Å². The van der Waals surface area contributed by atoms with Crippen LogP contribution in [-0.2, 0) is 23.1 Å². The minimum atomic E-state index is -1.27. The first kappa shape index (κ1) is 20.4. The minimum absolute atomic E-state index is 0. The molecule has 0 spiro atoms. The lowest BCUT2D eigenvalue weighted by Gasteiger charge is -2.11. The van der Waals surface area contributed by atoms with Crippen LogP contribution in [0.5, 0.6) is 0 Å². The van der Waals surface area contributed by atoms with Crippen molar-refractivity contribution in [2.24, 2.45) is 7.05 Å². The third kappa shape index (κ3) is 4.41. The van der Waals surface area contributed by atoms with Gasteiger partial charge in [-0.15, -0.1) is 11.3 Å². The number of halogens is 1. The number of aromatic nitrogens is 2. The third-order valence-electron chi connectivity index (χ3n) is 4.22. The number of aryl methyl sites for hydroxylation is 1. The van der Waals surface area contributed by atoms with Crippen molar-refractivity contribution < 1.29 is 36.2 Å². The highest BCUT2D eigenvalue weighted by atomic mass is 79.9. The van der Waals surface area contributed by atoms with E-state index in [1.54, 1.807) is 0 Å². The first-order chi connectivity index (χ1) is 12.1. The molecule has 0 saturated carbocycles. The maximum Gasteiger partial charge on any atom is 0.340 e. The SMILES string of the molecule is Cc1n(CCOC(=O)C(O)c2sccc2-c2ccccc2)cc[n+]1C.[Br-]. The molecule has 3 aromatic rings. The highest BCUT2D eigenvalue weighted by Crippen LogP contribution is 2.33. The van der Waals surface area contributed by atoms with Gasteiger partial charge in [0.05, 0.1) is 11.9 Å². The maximum absolute atomic E-state index is 12.2. The van der Waals surface area contributed by atoms with E-state index in [0.29, 0.717) is 11.4 Å². The van der Waals surface area contributed by atoms with Crippen LogP contribution < -0.4 is 21.5 Å². The van der Waals surface area contributed by atoms with Crippen LogP contribution in [0.15, 0.2) is 54.2 Å². The molecule has 0 saturated heterocycles. The molecule has 26 heavy (non-hydrogen) atoms. The van der Waals surface area contributed by atoms with Crippen LogP contribution in [0.4, 0.5) is 0 Å². The van der Waals surface area contributed by atoms with Gasteiger partial charge in [-0.1, -0.05) is 30.3 Å². The van der Waals surface area contributed by atoms with Crippen LogP contribution in [0.1, 0.15) is 16.8 Å². The van der Waals surface area contributed by atoms with Crippen molar-refractivity contribution in [3.05, 3.63) is 64.9 Å². The number of imidazole rings is 1. The predicted octanol–water partition coefficient (Wildman–Crippen LogP) is -0.370. The summed E-state index contributed by atoms with van der Waals surface area (Å²) in [5.74, 6) is 0.454. The molecule has 1 aromatic carbocycles. The predicted molar refractivity (Wildman–Crippen MR) is 96.0 cm³/mol. The number of aliphatic hydroxyl groups is 1. The fourth-order valence-electron chi connectivity index (χ4n) is 2.65. The van der Waals surface area contributed by atoms with Gasteiger partial charge in [-0.25, -0.2) is 13.9 Å². The van der Waals surface area contributed by atoms with Crippen molar-refractivity contribution >= 4 is 17.3 Å². The number of thiophene rings is 1. The van der Waals surface area contributed by atoms with E-state index in [-0.39, 0.29) is 23.6 Å². The fraction of sp³-hybridized carbons (Fsp3) is 0.263. The molecule has 2 aromatic heterocycles. The van der Waals surface area contributed by atoms with Crippen molar-refractivity contribution in [2.75, 3.05) is 6.61 Å². The molecular formula is C19H21BrN2O3S. The van der Waals surface area contributed by atoms with Crippen LogP contribution in [0.2, 0.25) is 0 Å². The summed E-state index contributed by atoms with van der Waals surface area (Å²) in [5.41, 5.74) is 1.84. The Hall–Kier alpha value is -1.96. The van der Waals surface area contributed by atoms with Crippen molar-refractivity contribution in [2.45, 2.75) is 19.6 Å². The number of carbonyl (C=O) groups is 1. The monoisotopic (exact) mass is 436 g/mol. The molecule has 1 N–H and O–H groups in total. The van der Waals surface area contributed by atoms with Crippen LogP contribution in [0.25, 0.3) is 11.1 Å². The van der Waals surface area contributed by atoms with Gasteiger partial charge in [-0.3, -0.25) is 0 Å². The van der Waals surface area contributed by atoms with Crippen molar-refractivity contribution in [1.82, 2.24) is 4.57 Å². The average Bonchev–Trinajstić information content (AvgIpc) is 3.24. The Morgan fingerprint density at radius 3 is 2.69 bits per heavy atom. The Balaban J connectivity index is 0.00000243. The number of carbonyl (C=O) groups excluding carboxylic acids is 1. The summed E-state index contributed by atoms with van der Waals surface area (Å²) < 4.78 is 9.27. The van der Waals surface area contributed by atoms with Gasteiger partial charge < -0.3 is 26.8 Å². The van der Waals surface area contributed by atoms with E-state index in [2.05, 4.69) is 0 Å². The molecule has 0 amide bonds. The first-order valence-corrected chi connectivity index (χ1v) is 8.95. The molecule has 0 bridgehead atoms. The van der Waals surface area contributed by atoms with Crippen molar-refractivity contribution in [3.8, 4) is 11.1 Å². The van der Waals surface area contributed by atoms with E-state index in [1.165, 1.54) is 11.3 Å². The van der Waals surface area contributed by atoms with Gasteiger partial charge in [0.1, 0.15) is 25.5 Å². The molecule has 7 heteroatoms. The molecule has 5 nitrogen and oxygen atoms in total. The van der Waals surface area contributed by atoms with Crippen molar-refractivity contribution in [3.63, 3.8) is 0 Å². The lowest BCUT2D eigenvalue weighted by Crippen LogP contribution is -3.00. The summed E-state index contributed by atoms with van der Waals surface area (Å²) >= 11 is 1.36. The summed E-state index contributed by atoms with van der Waals surface area (Å²) in [6.45, 7) is 2.77. The van der Waals surface area contributed by atoms with E-state index >= 15 is 0 Å². The van der Waals surface area contributed by atoms with E-state index in [4.69, 9.17) is 4.74 Å². The lowest BCUT2D eigenvalue weighted by atomic mass is 10.0. The number of hydrogen-bond donors (Lipinski definition) is 1. The Bertz CT molecular complexity index is 861. The number of nitrogens with zero attached hydrogens (tertiary/aromatic N) is 2. The Labute approximate surface area is 167 Å². The second-order valence-electron chi connectivity index (χ2n) is 5.78. The van der Waals surface area contributed by atoms with Crippen LogP contribution in [0, 0.1) is 6.92 Å². The topological polar surface area (TPSA) is 55.3 Å². The molecule has 1 unspecified atom stereocenters. The fourth-order valence-corrected chi connectivity index (χ4v) is 3.54. The zero-order valence-corrected chi connectivity index (χ0v) is 17.0. The van der Waals surface area contributed by atoms with Crippen molar-refractivity contribution in [1.29, 1.82) is 0 Å². The molecule has 3 rings (SSSR count). The Morgan fingerprint density at radius 1 is 1.31 bits per heavy atom.